The second kappa shape index (κ2) is 11.5. The highest BCUT2D eigenvalue weighted by Gasteiger charge is 2.25. The van der Waals surface area contributed by atoms with Gasteiger partial charge in [0.05, 0.1) is 12.7 Å². The topological polar surface area (TPSA) is 73.3 Å². The number of esters is 1. The molecule has 2 atom stereocenters. The Bertz CT molecular complexity index is 855. The molecule has 1 fully saturated rings. The highest BCUT2D eigenvalue weighted by atomic mass is 32.2. The lowest BCUT2D eigenvalue weighted by molar-refractivity contribution is 0.0600. The summed E-state index contributed by atoms with van der Waals surface area (Å²) in [5.41, 5.74) is 2.56. The first-order valence-electron chi connectivity index (χ1n) is 10.5. The molecule has 7 nitrogen and oxygen atoms in total. The van der Waals surface area contributed by atoms with Crippen LogP contribution >= 0.6 is 0 Å². The Morgan fingerprint density at radius 2 is 1.74 bits per heavy atom. The van der Waals surface area contributed by atoms with Crippen molar-refractivity contribution in [3.8, 4) is 0 Å². The molecule has 0 radical (unpaired) electrons. The zero-order chi connectivity index (χ0) is 22.2. The Morgan fingerprint density at radius 1 is 1.10 bits per heavy atom. The van der Waals surface area contributed by atoms with Gasteiger partial charge in [-0.15, -0.1) is 0 Å². The van der Waals surface area contributed by atoms with Gasteiger partial charge in [-0.25, -0.2) is 9.00 Å². The molecule has 0 aromatic heterocycles. The number of likely N-dealkylation sites (N-methyl/N-ethyl adjacent to an activating group) is 1. The summed E-state index contributed by atoms with van der Waals surface area (Å²) in [6.07, 6.45) is 0.750. The van der Waals surface area contributed by atoms with E-state index in [2.05, 4.69) is 29.0 Å². The minimum Gasteiger partial charge on any atom is -0.465 e. The number of piperazine rings is 1. The molecule has 0 aliphatic carbocycles. The predicted molar refractivity (Wildman–Crippen MR) is 122 cm³/mol. The van der Waals surface area contributed by atoms with Crippen LogP contribution in [0.25, 0.3) is 0 Å². The van der Waals surface area contributed by atoms with Crippen LogP contribution in [0.2, 0.25) is 0 Å². The molecule has 0 bridgehead atoms. The minimum absolute atomic E-state index is 0.197. The number of hydrogen-bond acceptors (Lipinski definition) is 5. The van der Waals surface area contributed by atoms with E-state index in [0.29, 0.717) is 18.7 Å². The van der Waals surface area contributed by atoms with Crippen LogP contribution in [0.15, 0.2) is 54.6 Å². The van der Waals surface area contributed by atoms with Gasteiger partial charge in [0.1, 0.15) is 0 Å². The lowest BCUT2D eigenvalue weighted by Gasteiger charge is -2.38. The SMILES string of the molecule is COC(=O)c1ccc(CN(CCC(c2ccccc2)N2CCN(C)CC2)S(=O)O)cc1. The first-order valence-corrected chi connectivity index (χ1v) is 11.5. The van der Waals surface area contributed by atoms with Crippen molar-refractivity contribution in [1.82, 2.24) is 14.1 Å². The van der Waals surface area contributed by atoms with Gasteiger partial charge in [-0.2, -0.15) is 4.31 Å². The molecule has 8 heteroatoms. The van der Waals surface area contributed by atoms with Gasteiger partial charge in [-0.05, 0) is 36.7 Å². The average Bonchev–Trinajstić information content (AvgIpc) is 2.80. The number of ether oxygens (including phenoxy) is 1. The van der Waals surface area contributed by atoms with Gasteiger partial charge >= 0.3 is 5.97 Å². The molecule has 2 aromatic rings. The lowest BCUT2D eigenvalue weighted by atomic mass is 10.0. The van der Waals surface area contributed by atoms with Crippen LogP contribution in [-0.2, 0) is 22.5 Å². The van der Waals surface area contributed by atoms with Crippen molar-refractivity contribution in [3.05, 3.63) is 71.3 Å². The van der Waals surface area contributed by atoms with Crippen LogP contribution in [0.4, 0.5) is 0 Å². The molecule has 0 spiro atoms. The fourth-order valence-corrected chi connectivity index (χ4v) is 4.44. The lowest BCUT2D eigenvalue weighted by Crippen LogP contribution is -2.46. The van der Waals surface area contributed by atoms with Crippen LogP contribution in [0.1, 0.15) is 33.9 Å². The molecule has 2 aromatic carbocycles. The van der Waals surface area contributed by atoms with Gasteiger partial charge in [0, 0.05) is 45.3 Å². The largest absolute Gasteiger partial charge is 0.465 e. The molecule has 1 aliphatic heterocycles. The summed E-state index contributed by atoms with van der Waals surface area (Å²) in [6, 6.07) is 17.5. The second-order valence-electron chi connectivity index (χ2n) is 7.84. The van der Waals surface area contributed by atoms with Crippen LogP contribution < -0.4 is 0 Å². The molecule has 168 valence electrons. The predicted octanol–water partition coefficient (Wildman–Crippen LogP) is 2.79. The summed E-state index contributed by atoms with van der Waals surface area (Å²) in [4.78, 5) is 16.4. The van der Waals surface area contributed by atoms with Crippen molar-refractivity contribution in [2.75, 3.05) is 46.9 Å². The van der Waals surface area contributed by atoms with Gasteiger partial charge in [0.2, 0.25) is 11.3 Å². The van der Waals surface area contributed by atoms with Crippen molar-refractivity contribution < 1.29 is 18.3 Å². The molecule has 2 unspecified atom stereocenters. The van der Waals surface area contributed by atoms with Crippen LogP contribution in [-0.4, -0.2) is 75.7 Å². The summed E-state index contributed by atoms with van der Waals surface area (Å²) in [5, 5.41) is 0. The quantitative estimate of drug-likeness (QED) is 0.473. The van der Waals surface area contributed by atoms with E-state index in [0.717, 1.165) is 38.2 Å². The number of carbonyl (C=O) groups is 1. The fraction of sp³-hybridized carbons (Fsp3) is 0.435. The molecular formula is C23H31N3O4S. The number of hydrogen-bond donors (Lipinski definition) is 1. The number of nitrogens with zero attached hydrogens (tertiary/aromatic N) is 3. The first-order chi connectivity index (χ1) is 15.0. The number of carbonyl (C=O) groups excluding carboxylic acids is 1. The van der Waals surface area contributed by atoms with Crippen molar-refractivity contribution in [2.45, 2.75) is 19.0 Å². The Kier molecular flexibility index (Phi) is 8.74. The first kappa shape index (κ1) is 23.6. The fourth-order valence-electron chi connectivity index (χ4n) is 3.92. The van der Waals surface area contributed by atoms with E-state index >= 15 is 0 Å². The van der Waals surface area contributed by atoms with E-state index < -0.39 is 17.2 Å². The average molecular weight is 446 g/mol. The molecular weight excluding hydrogens is 414 g/mol. The van der Waals surface area contributed by atoms with Crippen molar-refractivity contribution in [3.63, 3.8) is 0 Å². The highest BCUT2D eigenvalue weighted by Crippen LogP contribution is 2.26. The van der Waals surface area contributed by atoms with Crippen LogP contribution in [0, 0.1) is 0 Å². The summed E-state index contributed by atoms with van der Waals surface area (Å²) in [7, 11) is 3.48. The third-order valence-electron chi connectivity index (χ3n) is 5.77. The number of methoxy groups -OCH3 is 1. The van der Waals surface area contributed by atoms with Gasteiger partial charge in [-0.3, -0.25) is 9.45 Å². The minimum atomic E-state index is -2.09. The van der Waals surface area contributed by atoms with Crippen molar-refractivity contribution in [2.24, 2.45) is 0 Å². The number of benzene rings is 2. The summed E-state index contributed by atoms with van der Waals surface area (Å²) in [5.74, 6) is -0.396. The summed E-state index contributed by atoms with van der Waals surface area (Å²) >= 11 is -2.09. The Labute approximate surface area is 187 Å². The van der Waals surface area contributed by atoms with Gasteiger partial charge in [0.15, 0.2) is 0 Å². The molecule has 1 N–H and O–H groups in total. The molecule has 3 rings (SSSR count). The Morgan fingerprint density at radius 3 is 2.32 bits per heavy atom. The van der Waals surface area contributed by atoms with E-state index in [1.54, 1.807) is 28.6 Å². The van der Waals surface area contributed by atoms with E-state index in [1.165, 1.54) is 12.7 Å². The number of rotatable bonds is 9. The summed E-state index contributed by atoms with van der Waals surface area (Å²) in [6.45, 7) is 4.81. The highest BCUT2D eigenvalue weighted by molar-refractivity contribution is 7.76. The smallest absolute Gasteiger partial charge is 0.337 e. The summed E-state index contributed by atoms with van der Waals surface area (Å²) < 4.78 is 28.2. The normalized spacial score (nSPS) is 17.4. The van der Waals surface area contributed by atoms with E-state index in [-0.39, 0.29) is 6.04 Å². The second-order valence-corrected chi connectivity index (χ2v) is 8.81. The third-order valence-corrected chi connectivity index (χ3v) is 6.52. The van der Waals surface area contributed by atoms with E-state index in [4.69, 9.17) is 4.74 Å². The standard InChI is InChI=1S/C23H31N3O4S/c1-24-14-16-25(17-15-24)22(20-6-4-3-5-7-20)12-13-26(31(28)29)18-19-8-10-21(11-9-19)23(27)30-2/h3-11,22H,12-18H2,1-2H3,(H,28,29). The maximum atomic E-state index is 12.0. The maximum Gasteiger partial charge on any atom is 0.337 e. The molecule has 1 saturated heterocycles. The van der Waals surface area contributed by atoms with Crippen molar-refractivity contribution in [1.29, 1.82) is 0 Å². The van der Waals surface area contributed by atoms with Crippen molar-refractivity contribution >= 4 is 17.2 Å². The molecule has 1 heterocycles. The monoisotopic (exact) mass is 445 g/mol. The maximum absolute atomic E-state index is 12.0. The zero-order valence-corrected chi connectivity index (χ0v) is 19.0. The molecule has 0 saturated carbocycles. The molecule has 31 heavy (non-hydrogen) atoms. The van der Waals surface area contributed by atoms with Gasteiger partial charge in [-0.1, -0.05) is 42.5 Å². The van der Waals surface area contributed by atoms with E-state index in [1.807, 2.05) is 18.2 Å². The van der Waals surface area contributed by atoms with Crippen LogP contribution in [0.3, 0.4) is 0 Å². The third kappa shape index (κ3) is 6.69. The van der Waals surface area contributed by atoms with Gasteiger partial charge < -0.3 is 9.64 Å². The molecule has 1 aliphatic rings. The molecule has 0 amide bonds. The van der Waals surface area contributed by atoms with Crippen LogP contribution in [0.5, 0.6) is 0 Å². The zero-order valence-electron chi connectivity index (χ0n) is 18.1. The Balaban J connectivity index is 1.68. The van der Waals surface area contributed by atoms with E-state index in [9.17, 15) is 13.6 Å². The Hall–Kier alpha value is -2.10. The van der Waals surface area contributed by atoms with Gasteiger partial charge in [0.25, 0.3) is 0 Å².